The summed E-state index contributed by atoms with van der Waals surface area (Å²) in [6.45, 7) is 0. The summed E-state index contributed by atoms with van der Waals surface area (Å²) in [5.74, 6) is 0. The molecule has 0 aliphatic carbocycles. The van der Waals surface area contributed by atoms with Crippen molar-refractivity contribution in [2.45, 2.75) is 0 Å². The number of halogens is 1. The molecule has 0 spiro atoms. The molecule has 0 aliphatic rings. The summed E-state index contributed by atoms with van der Waals surface area (Å²) in [7, 11) is 0. The van der Waals surface area contributed by atoms with Crippen LogP contribution in [0.25, 0.3) is 0 Å². The van der Waals surface area contributed by atoms with Crippen LogP contribution in [0.4, 0.5) is 11.4 Å². The first kappa shape index (κ1) is 13.7. The van der Waals surface area contributed by atoms with Crippen LogP contribution >= 0.6 is 34.4 Å². The van der Waals surface area contributed by atoms with Gasteiger partial charge in [0.25, 0.3) is 5.69 Å². The highest BCUT2D eigenvalue weighted by atomic mass is 127. The molecule has 0 amide bonds. The topological polar surface area (TPSA) is 91.3 Å². The number of rotatable bonds is 2. The van der Waals surface area contributed by atoms with Crippen LogP contribution in [-0.2, 0) is 0 Å². The second kappa shape index (κ2) is 6.41. The Kier molecular flexibility index (Phi) is 5.17. The molecule has 0 unspecified atom stereocenters. The molecular weight excluding hydrogens is 355 g/mol. The van der Waals surface area contributed by atoms with Crippen molar-refractivity contribution in [3.8, 4) is 6.19 Å². The number of hydrogen-bond acceptors (Lipinski definition) is 5. The summed E-state index contributed by atoms with van der Waals surface area (Å²) in [6.07, 6.45) is 3.45. The SMILES string of the molecule is CSC(=Nc1ccc(I)cc1[N+](=O)[O-])NC#N. The molecule has 1 rings (SSSR count). The summed E-state index contributed by atoms with van der Waals surface area (Å²) in [5.41, 5.74) is 0.144. The minimum absolute atomic E-state index is 0.0804. The van der Waals surface area contributed by atoms with Gasteiger partial charge in [-0.1, -0.05) is 11.8 Å². The van der Waals surface area contributed by atoms with Crippen molar-refractivity contribution in [2.24, 2.45) is 4.99 Å². The molecule has 8 heteroatoms. The maximum Gasteiger partial charge on any atom is 0.295 e. The Labute approximate surface area is 115 Å². The van der Waals surface area contributed by atoms with Crippen molar-refractivity contribution in [1.29, 1.82) is 5.26 Å². The predicted octanol–water partition coefficient (Wildman–Crippen LogP) is 2.62. The minimum Gasteiger partial charge on any atom is -0.271 e. The van der Waals surface area contributed by atoms with Crippen molar-refractivity contribution in [3.63, 3.8) is 0 Å². The van der Waals surface area contributed by atoms with Gasteiger partial charge in [-0.3, -0.25) is 15.4 Å². The van der Waals surface area contributed by atoms with Crippen LogP contribution in [0.5, 0.6) is 0 Å². The molecule has 0 saturated heterocycles. The van der Waals surface area contributed by atoms with Crippen molar-refractivity contribution in [1.82, 2.24) is 5.32 Å². The van der Waals surface area contributed by atoms with E-state index in [1.807, 2.05) is 22.6 Å². The Hall–Kier alpha value is -1.34. The lowest BCUT2D eigenvalue weighted by Gasteiger charge is -2.01. The fraction of sp³-hybridized carbons (Fsp3) is 0.111. The van der Waals surface area contributed by atoms with E-state index in [-0.39, 0.29) is 11.4 Å². The smallest absolute Gasteiger partial charge is 0.271 e. The molecular formula is C9H7IN4O2S. The average Bonchev–Trinajstić information content (AvgIpc) is 2.30. The standard InChI is InChI=1S/C9H7IN4O2S/c1-17-9(12-5-11)13-7-3-2-6(10)4-8(7)14(15)16/h2-4H,1H3,(H,12,13). The summed E-state index contributed by atoms with van der Waals surface area (Å²) in [5, 5.41) is 22.0. The summed E-state index contributed by atoms with van der Waals surface area (Å²) < 4.78 is 0.757. The van der Waals surface area contributed by atoms with Crippen LogP contribution in [0, 0.1) is 25.1 Å². The lowest BCUT2D eigenvalue weighted by Crippen LogP contribution is -2.12. The Morgan fingerprint density at radius 2 is 2.41 bits per heavy atom. The highest BCUT2D eigenvalue weighted by molar-refractivity contribution is 14.1. The molecule has 0 bridgehead atoms. The Morgan fingerprint density at radius 1 is 1.71 bits per heavy atom. The first-order valence-electron chi connectivity index (χ1n) is 4.30. The van der Waals surface area contributed by atoms with Gasteiger partial charge < -0.3 is 0 Å². The third-order valence-electron chi connectivity index (χ3n) is 1.71. The Bertz CT molecular complexity index is 512. The number of amidine groups is 1. The lowest BCUT2D eigenvalue weighted by molar-refractivity contribution is -0.384. The molecule has 0 aliphatic heterocycles. The molecule has 0 atom stereocenters. The maximum absolute atomic E-state index is 10.8. The zero-order valence-electron chi connectivity index (χ0n) is 8.68. The average molecular weight is 362 g/mol. The van der Waals surface area contributed by atoms with E-state index in [1.165, 1.54) is 17.8 Å². The third kappa shape index (κ3) is 3.86. The summed E-state index contributed by atoms with van der Waals surface area (Å²) >= 11 is 3.19. The van der Waals surface area contributed by atoms with Crippen LogP contribution in [0.2, 0.25) is 0 Å². The van der Waals surface area contributed by atoms with E-state index >= 15 is 0 Å². The maximum atomic E-state index is 10.8. The molecule has 0 aromatic heterocycles. The molecule has 6 nitrogen and oxygen atoms in total. The van der Waals surface area contributed by atoms with Crippen LogP contribution < -0.4 is 5.32 Å². The molecule has 1 aromatic carbocycles. The number of thioether (sulfide) groups is 1. The fourth-order valence-corrected chi connectivity index (χ4v) is 1.83. The van der Waals surface area contributed by atoms with E-state index in [4.69, 9.17) is 5.26 Å². The molecule has 0 saturated carbocycles. The second-order valence-electron chi connectivity index (χ2n) is 2.75. The number of nitrogens with zero attached hydrogens (tertiary/aromatic N) is 3. The zero-order chi connectivity index (χ0) is 12.8. The number of aliphatic imine (C=N–C) groups is 1. The molecule has 0 heterocycles. The van der Waals surface area contributed by atoms with Gasteiger partial charge in [0.05, 0.1) is 4.92 Å². The molecule has 88 valence electrons. The summed E-state index contributed by atoms with van der Waals surface area (Å²) in [6, 6.07) is 4.70. The molecule has 0 fully saturated rings. The van der Waals surface area contributed by atoms with E-state index in [9.17, 15) is 10.1 Å². The van der Waals surface area contributed by atoms with E-state index in [0.29, 0.717) is 5.17 Å². The number of hydrogen-bond donors (Lipinski definition) is 1. The van der Waals surface area contributed by atoms with Crippen LogP contribution in [0.15, 0.2) is 23.2 Å². The van der Waals surface area contributed by atoms with Gasteiger partial charge in [0.1, 0.15) is 5.69 Å². The molecule has 1 N–H and O–H groups in total. The van der Waals surface area contributed by atoms with Gasteiger partial charge in [0.15, 0.2) is 11.4 Å². The number of nitro benzene ring substituents is 1. The predicted molar refractivity (Wildman–Crippen MR) is 75.2 cm³/mol. The number of benzene rings is 1. The number of nitro groups is 1. The highest BCUT2D eigenvalue weighted by Gasteiger charge is 2.14. The van der Waals surface area contributed by atoms with Gasteiger partial charge >= 0.3 is 0 Å². The molecule has 0 radical (unpaired) electrons. The van der Waals surface area contributed by atoms with E-state index < -0.39 is 4.92 Å². The molecule has 17 heavy (non-hydrogen) atoms. The third-order valence-corrected chi connectivity index (χ3v) is 2.96. The van der Waals surface area contributed by atoms with E-state index in [0.717, 1.165) is 3.57 Å². The zero-order valence-corrected chi connectivity index (χ0v) is 11.7. The lowest BCUT2D eigenvalue weighted by atomic mass is 10.3. The van der Waals surface area contributed by atoms with Crippen LogP contribution in [0.1, 0.15) is 0 Å². The van der Waals surface area contributed by atoms with Crippen molar-refractivity contribution >= 4 is 50.9 Å². The highest BCUT2D eigenvalue weighted by Crippen LogP contribution is 2.29. The second-order valence-corrected chi connectivity index (χ2v) is 4.79. The summed E-state index contributed by atoms with van der Waals surface area (Å²) in [4.78, 5) is 14.4. The minimum atomic E-state index is -0.495. The fourth-order valence-electron chi connectivity index (χ4n) is 1.02. The molecule has 1 aromatic rings. The van der Waals surface area contributed by atoms with E-state index in [2.05, 4.69) is 10.3 Å². The first-order chi connectivity index (χ1) is 8.08. The van der Waals surface area contributed by atoms with Gasteiger partial charge in [-0.2, -0.15) is 5.26 Å². The van der Waals surface area contributed by atoms with Gasteiger partial charge in [0.2, 0.25) is 0 Å². The van der Waals surface area contributed by atoms with Crippen LogP contribution in [0.3, 0.4) is 0 Å². The normalized spacial score (nSPS) is 10.8. The monoisotopic (exact) mass is 362 g/mol. The van der Waals surface area contributed by atoms with Gasteiger partial charge in [0, 0.05) is 9.64 Å². The Balaban J connectivity index is 3.22. The first-order valence-corrected chi connectivity index (χ1v) is 6.60. The van der Waals surface area contributed by atoms with Crippen molar-refractivity contribution < 1.29 is 4.92 Å². The van der Waals surface area contributed by atoms with Crippen LogP contribution in [-0.4, -0.2) is 16.3 Å². The van der Waals surface area contributed by atoms with Crippen molar-refractivity contribution in [2.75, 3.05) is 6.26 Å². The largest absolute Gasteiger partial charge is 0.295 e. The Morgan fingerprint density at radius 3 is 2.94 bits per heavy atom. The number of nitriles is 1. The van der Waals surface area contributed by atoms with Gasteiger partial charge in [-0.05, 0) is 41.0 Å². The number of nitrogens with one attached hydrogen (secondary N) is 1. The van der Waals surface area contributed by atoms with Crippen molar-refractivity contribution in [3.05, 3.63) is 31.9 Å². The van der Waals surface area contributed by atoms with E-state index in [1.54, 1.807) is 24.6 Å². The quantitative estimate of drug-likeness (QED) is 0.166. The van der Waals surface area contributed by atoms with Gasteiger partial charge in [-0.15, -0.1) is 0 Å². The van der Waals surface area contributed by atoms with Gasteiger partial charge in [-0.25, -0.2) is 4.99 Å².